The lowest BCUT2D eigenvalue weighted by Gasteiger charge is -2.30. The van der Waals surface area contributed by atoms with Crippen LogP contribution in [0.4, 0.5) is 8.78 Å². The average molecular weight is 275 g/mol. The lowest BCUT2D eigenvalue weighted by molar-refractivity contribution is 0.148. The van der Waals surface area contributed by atoms with Crippen molar-refractivity contribution in [3.63, 3.8) is 0 Å². The van der Waals surface area contributed by atoms with Crippen LogP contribution in [-0.4, -0.2) is 0 Å². The highest BCUT2D eigenvalue weighted by molar-refractivity contribution is 5.39. The van der Waals surface area contributed by atoms with Gasteiger partial charge < -0.3 is 10.5 Å². The number of nitrogens with two attached hydrogens (primary N) is 1. The van der Waals surface area contributed by atoms with Crippen LogP contribution in [0.25, 0.3) is 0 Å². The van der Waals surface area contributed by atoms with Gasteiger partial charge in [0.25, 0.3) is 6.43 Å². The number of fused-ring (bicyclic) bond motifs is 1. The van der Waals surface area contributed by atoms with E-state index in [9.17, 15) is 8.78 Å². The second-order valence-corrected chi connectivity index (χ2v) is 4.96. The molecule has 0 saturated heterocycles. The molecule has 0 radical (unpaired) electrons. The third-order valence-electron chi connectivity index (χ3n) is 3.59. The standard InChI is InChI=1S/C16H15F2NO/c17-16(18)11-5-3-4-10(8-11)15-9-13(19)12-6-1-2-7-14(12)20-15/h1-8,13,15-16H,9,19H2/t13-,15?/m1/s1. The van der Waals surface area contributed by atoms with Gasteiger partial charge in [-0.1, -0.05) is 36.4 Å². The van der Waals surface area contributed by atoms with Crippen molar-refractivity contribution in [2.24, 2.45) is 5.73 Å². The van der Waals surface area contributed by atoms with Gasteiger partial charge in [0.15, 0.2) is 0 Å². The van der Waals surface area contributed by atoms with Crippen LogP contribution in [0.2, 0.25) is 0 Å². The summed E-state index contributed by atoms with van der Waals surface area (Å²) < 4.78 is 31.4. The summed E-state index contributed by atoms with van der Waals surface area (Å²) in [6.07, 6.45) is -2.16. The van der Waals surface area contributed by atoms with E-state index in [0.29, 0.717) is 6.42 Å². The summed E-state index contributed by atoms with van der Waals surface area (Å²) in [6.45, 7) is 0. The Balaban J connectivity index is 1.91. The zero-order valence-electron chi connectivity index (χ0n) is 10.8. The van der Waals surface area contributed by atoms with Gasteiger partial charge >= 0.3 is 0 Å². The molecule has 0 spiro atoms. The van der Waals surface area contributed by atoms with E-state index in [2.05, 4.69) is 0 Å². The molecule has 2 nitrogen and oxygen atoms in total. The van der Waals surface area contributed by atoms with Crippen LogP contribution in [0, 0.1) is 0 Å². The average Bonchev–Trinajstić information content (AvgIpc) is 2.47. The fourth-order valence-corrected chi connectivity index (χ4v) is 2.55. The maximum absolute atomic E-state index is 12.8. The summed E-state index contributed by atoms with van der Waals surface area (Å²) in [7, 11) is 0. The predicted octanol–water partition coefficient (Wildman–Crippen LogP) is 4.15. The summed E-state index contributed by atoms with van der Waals surface area (Å²) in [5, 5.41) is 0. The van der Waals surface area contributed by atoms with E-state index >= 15 is 0 Å². The van der Waals surface area contributed by atoms with Crippen molar-refractivity contribution in [2.45, 2.75) is 25.0 Å². The molecule has 2 aromatic rings. The summed E-state index contributed by atoms with van der Waals surface area (Å²) in [6, 6.07) is 13.8. The molecule has 0 aromatic heterocycles. The summed E-state index contributed by atoms with van der Waals surface area (Å²) in [4.78, 5) is 0. The number of hydrogen-bond donors (Lipinski definition) is 1. The molecule has 3 rings (SSSR count). The summed E-state index contributed by atoms with van der Waals surface area (Å²) >= 11 is 0. The van der Waals surface area contributed by atoms with Gasteiger partial charge in [-0.25, -0.2) is 8.78 Å². The molecule has 1 aliphatic heterocycles. The fraction of sp³-hybridized carbons (Fsp3) is 0.250. The van der Waals surface area contributed by atoms with Crippen molar-refractivity contribution < 1.29 is 13.5 Å². The van der Waals surface area contributed by atoms with E-state index in [-0.39, 0.29) is 17.7 Å². The van der Waals surface area contributed by atoms with Gasteiger partial charge in [0.2, 0.25) is 0 Å². The Kier molecular flexibility index (Phi) is 3.40. The van der Waals surface area contributed by atoms with Gasteiger partial charge in [0.1, 0.15) is 11.9 Å². The van der Waals surface area contributed by atoms with Crippen LogP contribution in [0.15, 0.2) is 48.5 Å². The number of alkyl halides is 2. The first kappa shape index (κ1) is 13.1. The monoisotopic (exact) mass is 275 g/mol. The lowest BCUT2D eigenvalue weighted by Crippen LogP contribution is -2.24. The number of benzene rings is 2. The van der Waals surface area contributed by atoms with Crippen molar-refractivity contribution in [3.8, 4) is 5.75 Å². The molecule has 0 fully saturated rings. The smallest absolute Gasteiger partial charge is 0.263 e. The molecular weight excluding hydrogens is 260 g/mol. The van der Waals surface area contributed by atoms with E-state index in [1.807, 2.05) is 24.3 Å². The molecule has 4 heteroatoms. The molecule has 0 amide bonds. The van der Waals surface area contributed by atoms with Crippen LogP contribution < -0.4 is 10.5 Å². The Hall–Kier alpha value is -1.94. The molecule has 2 N–H and O–H groups in total. The Bertz CT molecular complexity index is 615. The minimum atomic E-state index is -2.47. The quantitative estimate of drug-likeness (QED) is 0.893. The second kappa shape index (κ2) is 5.21. The van der Waals surface area contributed by atoms with Gasteiger partial charge in [-0.2, -0.15) is 0 Å². The van der Waals surface area contributed by atoms with Crippen molar-refractivity contribution in [1.29, 1.82) is 0 Å². The Morgan fingerprint density at radius 2 is 1.90 bits per heavy atom. The fourth-order valence-electron chi connectivity index (χ4n) is 2.55. The molecule has 1 unspecified atom stereocenters. The van der Waals surface area contributed by atoms with Gasteiger partial charge in [-0.05, 0) is 17.7 Å². The van der Waals surface area contributed by atoms with Crippen molar-refractivity contribution in [1.82, 2.24) is 0 Å². The van der Waals surface area contributed by atoms with Gasteiger partial charge in [0, 0.05) is 23.6 Å². The van der Waals surface area contributed by atoms with Crippen LogP contribution in [-0.2, 0) is 0 Å². The van der Waals surface area contributed by atoms with Gasteiger partial charge in [-0.3, -0.25) is 0 Å². The molecule has 104 valence electrons. The minimum Gasteiger partial charge on any atom is -0.485 e. The van der Waals surface area contributed by atoms with Crippen molar-refractivity contribution in [3.05, 3.63) is 65.2 Å². The normalized spacial score (nSPS) is 21.4. The maximum atomic E-state index is 12.8. The highest BCUT2D eigenvalue weighted by Gasteiger charge is 2.27. The molecule has 2 aromatic carbocycles. The summed E-state index contributed by atoms with van der Waals surface area (Å²) in [5.74, 6) is 0.735. The zero-order valence-corrected chi connectivity index (χ0v) is 10.8. The predicted molar refractivity (Wildman–Crippen MR) is 72.8 cm³/mol. The minimum absolute atomic E-state index is 0.0125. The highest BCUT2D eigenvalue weighted by atomic mass is 19.3. The van der Waals surface area contributed by atoms with E-state index in [1.54, 1.807) is 12.1 Å². The molecular formula is C16H15F2NO. The van der Waals surface area contributed by atoms with E-state index in [4.69, 9.17) is 10.5 Å². The molecule has 1 aliphatic rings. The Morgan fingerprint density at radius 3 is 2.70 bits per heavy atom. The molecule has 0 saturated carbocycles. The second-order valence-electron chi connectivity index (χ2n) is 4.96. The maximum Gasteiger partial charge on any atom is 0.263 e. The number of hydrogen-bond acceptors (Lipinski definition) is 2. The SMILES string of the molecule is N[C@@H]1CC(c2cccc(C(F)F)c2)Oc2ccccc21. The third kappa shape index (κ3) is 2.39. The van der Waals surface area contributed by atoms with Crippen molar-refractivity contribution in [2.75, 3.05) is 0 Å². The molecule has 20 heavy (non-hydrogen) atoms. The van der Waals surface area contributed by atoms with Crippen LogP contribution >= 0.6 is 0 Å². The molecule has 0 bridgehead atoms. The molecule has 0 aliphatic carbocycles. The van der Waals surface area contributed by atoms with E-state index in [1.165, 1.54) is 12.1 Å². The topological polar surface area (TPSA) is 35.2 Å². The van der Waals surface area contributed by atoms with E-state index < -0.39 is 6.43 Å². The van der Waals surface area contributed by atoms with E-state index in [0.717, 1.165) is 16.9 Å². The molecule has 2 atom stereocenters. The third-order valence-corrected chi connectivity index (χ3v) is 3.59. The number of ether oxygens (including phenoxy) is 1. The molecule has 1 heterocycles. The lowest BCUT2D eigenvalue weighted by atomic mass is 9.93. The largest absolute Gasteiger partial charge is 0.485 e. The van der Waals surface area contributed by atoms with Crippen LogP contribution in [0.3, 0.4) is 0 Å². The Morgan fingerprint density at radius 1 is 1.10 bits per heavy atom. The number of halogens is 2. The highest BCUT2D eigenvalue weighted by Crippen LogP contribution is 2.39. The number of rotatable bonds is 2. The summed E-state index contributed by atoms with van der Waals surface area (Å²) in [5.41, 5.74) is 7.87. The van der Waals surface area contributed by atoms with Crippen LogP contribution in [0.5, 0.6) is 5.75 Å². The van der Waals surface area contributed by atoms with Crippen molar-refractivity contribution >= 4 is 0 Å². The van der Waals surface area contributed by atoms with Crippen LogP contribution in [0.1, 0.15) is 41.7 Å². The first-order chi connectivity index (χ1) is 9.65. The first-order valence-corrected chi connectivity index (χ1v) is 6.54. The first-order valence-electron chi connectivity index (χ1n) is 6.54. The van der Waals surface area contributed by atoms with Gasteiger partial charge in [0.05, 0.1) is 0 Å². The zero-order chi connectivity index (χ0) is 14.1. The number of para-hydroxylation sites is 1. The Labute approximate surface area is 116 Å². The van der Waals surface area contributed by atoms with Gasteiger partial charge in [-0.15, -0.1) is 0 Å².